The number of carbonyl (C=O) groups is 2. The molecule has 3 rings (SSSR count). The molecule has 0 fully saturated rings. The summed E-state index contributed by atoms with van der Waals surface area (Å²) in [6, 6.07) is 10.5. The monoisotopic (exact) mass is 401 g/mol. The van der Waals surface area contributed by atoms with Crippen LogP contribution in [0.4, 0.5) is 4.39 Å². The zero-order chi connectivity index (χ0) is 20.4. The molecule has 28 heavy (non-hydrogen) atoms. The summed E-state index contributed by atoms with van der Waals surface area (Å²) in [4.78, 5) is 34.8. The van der Waals surface area contributed by atoms with E-state index in [2.05, 4.69) is 0 Å². The summed E-state index contributed by atoms with van der Waals surface area (Å²) in [5, 5.41) is 19.3. The molecule has 0 radical (unpaired) electrons. The predicted octanol–water partition coefficient (Wildman–Crippen LogP) is 3.39. The maximum absolute atomic E-state index is 14.1. The average Bonchev–Trinajstić information content (AvgIpc) is 2.65. The van der Waals surface area contributed by atoms with Gasteiger partial charge in [-0.2, -0.15) is 0 Å². The number of pyridine rings is 1. The Morgan fingerprint density at radius 3 is 2.54 bits per heavy atom. The number of aliphatic hydroxyl groups is 1. The number of ketones is 1. The van der Waals surface area contributed by atoms with Gasteiger partial charge in [0.25, 0.3) is 5.78 Å². The second kappa shape index (κ2) is 7.66. The minimum absolute atomic E-state index is 0.0109. The molecule has 2 aromatic carbocycles. The van der Waals surface area contributed by atoms with Crippen molar-refractivity contribution in [3.05, 3.63) is 86.9 Å². The zero-order valence-electron chi connectivity index (χ0n) is 14.2. The van der Waals surface area contributed by atoms with Gasteiger partial charge in [-0.15, -0.1) is 0 Å². The van der Waals surface area contributed by atoms with E-state index < -0.39 is 28.8 Å². The van der Waals surface area contributed by atoms with E-state index in [0.717, 1.165) is 0 Å². The molecule has 0 aliphatic carbocycles. The van der Waals surface area contributed by atoms with Crippen molar-refractivity contribution in [3.63, 3.8) is 0 Å². The van der Waals surface area contributed by atoms with Gasteiger partial charge in [0.2, 0.25) is 0 Å². The second-order valence-electron chi connectivity index (χ2n) is 5.95. The van der Waals surface area contributed by atoms with Crippen LogP contribution in [0, 0.1) is 5.82 Å². The van der Waals surface area contributed by atoms with Crippen molar-refractivity contribution in [2.75, 3.05) is 0 Å². The van der Waals surface area contributed by atoms with Crippen LogP contribution in [0.3, 0.4) is 0 Å². The molecule has 8 heteroatoms. The van der Waals surface area contributed by atoms with Gasteiger partial charge in [-0.25, -0.2) is 9.18 Å². The maximum Gasteiger partial charge on any atom is 0.376 e. The number of aliphatic carboxylic acids is 1. The highest BCUT2D eigenvalue weighted by atomic mass is 35.5. The Labute approximate surface area is 162 Å². The lowest BCUT2D eigenvalue weighted by Crippen LogP contribution is -2.17. The first-order valence-electron chi connectivity index (χ1n) is 8.02. The zero-order valence-corrected chi connectivity index (χ0v) is 15.0. The lowest BCUT2D eigenvalue weighted by atomic mass is 10.1. The van der Waals surface area contributed by atoms with Crippen LogP contribution in [-0.4, -0.2) is 26.5 Å². The summed E-state index contributed by atoms with van der Waals surface area (Å²) >= 11 is 6.02. The molecule has 142 valence electrons. The Kier molecular flexibility index (Phi) is 5.28. The minimum Gasteiger partial charge on any atom is -0.507 e. The molecular formula is C20H13ClFNO5. The van der Waals surface area contributed by atoms with Gasteiger partial charge in [0.15, 0.2) is 5.43 Å². The predicted molar refractivity (Wildman–Crippen MR) is 102 cm³/mol. The number of aromatic nitrogens is 1. The third-order valence-corrected chi connectivity index (χ3v) is 4.33. The third-order valence-electron chi connectivity index (χ3n) is 4.10. The number of benzene rings is 2. The number of carboxylic acid groups (broad SMARTS) is 1. The maximum atomic E-state index is 14.1. The summed E-state index contributed by atoms with van der Waals surface area (Å²) in [6.07, 6.45) is 1.68. The highest BCUT2D eigenvalue weighted by molar-refractivity contribution is 6.38. The van der Waals surface area contributed by atoms with Gasteiger partial charge in [0.05, 0.1) is 17.6 Å². The van der Waals surface area contributed by atoms with Gasteiger partial charge in [0.1, 0.15) is 11.6 Å². The summed E-state index contributed by atoms with van der Waals surface area (Å²) in [5.74, 6) is -4.41. The largest absolute Gasteiger partial charge is 0.507 e. The van der Waals surface area contributed by atoms with Crippen LogP contribution in [-0.2, 0) is 16.1 Å². The first kappa shape index (κ1) is 19.3. The van der Waals surface area contributed by atoms with Gasteiger partial charge in [-0.1, -0.05) is 29.8 Å². The number of nitrogens with zero attached hydrogens (tertiary/aromatic N) is 1. The molecule has 0 bridgehead atoms. The number of carboxylic acids is 1. The van der Waals surface area contributed by atoms with Crippen molar-refractivity contribution in [1.29, 1.82) is 0 Å². The SMILES string of the molecule is O=C(O)C(=O)C=C(O)c1cn(Cc2ccccc2F)c2cc(Cl)ccc2c1=O. The minimum atomic E-state index is -1.77. The molecule has 0 amide bonds. The highest BCUT2D eigenvalue weighted by Gasteiger charge is 2.17. The first-order chi connectivity index (χ1) is 13.3. The van der Waals surface area contributed by atoms with Crippen LogP contribution < -0.4 is 5.43 Å². The fraction of sp³-hybridized carbons (Fsp3) is 0.0500. The fourth-order valence-corrected chi connectivity index (χ4v) is 2.92. The van der Waals surface area contributed by atoms with Crippen LogP contribution in [0.2, 0.25) is 5.02 Å². The van der Waals surface area contributed by atoms with Crippen molar-refractivity contribution in [2.45, 2.75) is 6.54 Å². The molecule has 3 aromatic rings. The van der Waals surface area contributed by atoms with Gasteiger partial charge in [-0.3, -0.25) is 9.59 Å². The van der Waals surface area contributed by atoms with Gasteiger partial charge >= 0.3 is 5.97 Å². The number of rotatable bonds is 5. The normalized spacial score (nSPS) is 11.6. The van der Waals surface area contributed by atoms with E-state index >= 15 is 0 Å². The molecule has 0 saturated heterocycles. The number of fused-ring (bicyclic) bond motifs is 1. The van der Waals surface area contributed by atoms with Crippen LogP contribution in [0.1, 0.15) is 11.1 Å². The van der Waals surface area contributed by atoms with Crippen molar-refractivity contribution in [1.82, 2.24) is 4.57 Å². The molecular weight excluding hydrogens is 389 g/mol. The van der Waals surface area contributed by atoms with E-state index in [0.29, 0.717) is 22.2 Å². The quantitative estimate of drug-likeness (QED) is 0.388. The van der Waals surface area contributed by atoms with E-state index in [-0.39, 0.29) is 17.5 Å². The Bertz CT molecular complexity index is 1200. The molecule has 6 nitrogen and oxygen atoms in total. The smallest absolute Gasteiger partial charge is 0.376 e. The summed E-state index contributed by atoms with van der Waals surface area (Å²) in [7, 11) is 0. The van der Waals surface area contributed by atoms with Crippen molar-refractivity contribution >= 4 is 40.0 Å². The van der Waals surface area contributed by atoms with E-state index in [1.807, 2.05) is 0 Å². The molecule has 1 aromatic heterocycles. The highest BCUT2D eigenvalue weighted by Crippen LogP contribution is 2.21. The Hall–Kier alpha value is -3.45. The van der Waals surface area contributed by atoms with Crippen molar-refractivity contribution < 1.29 is 24.2 Å². The Morgan fingerprint density at radius 2 is 1.86 bits per heavy atom. The lowest BCUT2D eigenvalue weighted by molar-refractivity contribution is -0.146. The number of hydrogen-bond acceptors (Lipinski definition) is 4. The van der Waals surface area contributed by atoms with Gasteiger partial charge < -0.3 is 14.8 Å². The van der Waals surface area contributed by atoms with E-state index in [1.54, 1.807) is 12.1 Å². The van der Waals surface area contributed by atoms with E-state index in [4.69, 9.17) is 16.7 Å². The van der Waals surface area contributed by atoms with Crippen molar-refractivity contribution in [3.8, 4) is 0 Å². The molecule has 0 aliphatic rings. The average molecular weight is 402 g/mol. The molecule has 2 N–H and O–H groups in total. The molecule has 0 aliphatic heterocycles. The fourth-order valence-electron chi connectivity index (χ4n) is 2.75. The number of carbonyl (C=O) groups excluding carboxylic acids is 1. The summed E-state index contributed by atoms with van der Waals surface area (Å²) in [5.41, 5.74) is -0.200. The molecule has 0 spiro atoms. The van der Waals surface area contributed by atoms with E-state index in [1.165, 1.54) is 41.1 Å². The molecule has 0 atom stereocenters. The molecule has 0 saturated carbocycles. The van der Waals surface area contributed by atoms with Gasteiger partial charge in [-0.05, 0) is 24.3 Å². The second-order valence-corrected chi connectivity index (χ2v) is 6.39. The first-order valence-corrected chi connectivity index (χ1v) is 8.40. The lowest BCUT2D eigenvalue weighted by Gasteiger charge is -2.14. The molecule has 1 heterocycles. The summed E-state index contributed by atoms with van der Waals surface area (Å²) in [6.45, 7) is 0.0109. The topological polar surface area (TPSA) is 96.6 Å². The third kappa shape index (κ3) is 3.79. The Morgan fingerprint density at radius 1 is 1.14 bits per heavy atom. The number of halogens is 2. The molecule has 0 unspecified atom stereocenters. The van der Waals surface area contributed by atoms with Crippen LogP contribution in [0.15, 0.2) is 59.5 Å². The number of hydrogen-bond donors (Lipinski definition) is 2. The van der Waals surface area contributed by atoms with Crippen LogP contribution >= 0.6 is 11.6 Å². The van der Waals surface area contributed by atoms with Gasteiger partial charge in [0, 0.05) is 28.2 Å². The summed E-state index contributed by atoms with van der Waals surface area (Å²) < 4.78 is 15.6. The number of aliphatic hydroxyl groups excluding tert-OH is 1. The van der Waals surface area contributed by atoms with Crippen molar-refractivity contribution in [2.24, 2.45) is 0 Å². The van der Waals surface area contributed by atoms with Crippen LogP contribution in [0.25, 0.3) is 16.7 Å². The van der Waals surface area contributed by atoms with Crippen LogP contribution in [0.5, 0.6) is 0 Å². The standard InChI is InChI=1S/C20H13ClFNO5/c21-12-5-6-13-16(7-12)23(9-11-3-1-2-4-15(11)22)10-14(19(13)26)17(24)8-18(25)20(27)28/h1-8,10,24H,9H2,(H,27,28). The Balaban J connectivity index is 2.24. The van der Waals surface area contributed by atoms with E-state index in [9.17, 15) is 23.9 Å².